The zero-order valence-electron chi connectivity index (χ0n) is 4.50. The van der Waals surface area contributed by atoms with Gasteiger partial charge in [0.25, 0.3) is 5.78 Å². The minimum atomic E-state index is -0.836. The summed E-state index contributed by atoms with van der Waals surface area (Å²) < 4.78 is 0. The maximum Gasteiger partial charge on any atom is 0.267 e. The summed E-state index contributed by atoms with van der Waals surface area (Å²) in [6.07, 6.45) is 3.63. The number of carbonyl (C=O) groups is 2. The summed E-state index contributed by atoms with van der Waals surface area (Å²) in [5, 5.41) is 8.59. The molecule has 0 spiro atoms. The molecular formula is C6H4O3. The van der Waals surface area contributed by atoms with Crippen molar-refractivity contribution < 1.29 is 14.7 Å². The van der Waals surface area contributed by atoms with E-state index in [-0.39, 0.29) is 0 Å². The molecule has 0 aliphatic heterocycles. The first kappa shape index (κ1) is 5.75. The van der Waals surface area contributed by atoms with Gasteiger partial charge in [0.15, 0.2) is 5.76 Å². The van der Waals surface area contributed by atoms with Crippen LogP contribution in [0.2, 0.25) is 0 Å². The largest absolute Gasteiger partial charge is 0.504 e. The predicted molar refractivity (Wildman–Crippen MR) is 29.9 cm³/mol. The average molecular weight is 124 g/mol. The topological polar surface area (TPSA) is 54.4 Å². The Balaban J connectivity index is 3.00. The van der Waals surface area contributed by atoms with Crippen molar-refractivity contribution in [1.82, 2.24) is 0 Å². The zero-order chi connectivity index (χ0) is 6.85. The van der Waals surface area contributed by atoms with E-state index >= 15 is 0 Å². The summed E-state index contributed by atoms with van der Waals surface area (Å²) in [7, 11) is 0. The van der Waals surface area contributed by atoms with Crippen LogP contribution >= 0.6 is 0 Å². The van der Waals surface area contributed by atoms with Crippen LogP contribution in [0.4, 0.5) is 0 Å². The van der Waals surface area contributed by atoms with E-state index in [1.54, 1.807) is 0 Å². The van der Waals surface area contributed by atoms with E-state index in [1.807, 2.05) is 0 Å². The Kier molecular flexibility index (Phi) is 1.18. The number of hydrogen-bond acceptors (Lipinski definition) is 3. The van der Waals surface area contributed by atoms with Gasteiger partial charge in [-0.15, -0.1) is 0 Å². The van der Waals surface area contributed by atoms with E-state index in [9.17, 15) is 9.59 Å². The van der Waals surface area contributed by atoms with E-state index in [0.717, 1.165) is 6.08 Å². The lowest BCUT2D eigenvalue weighted by atomic mass is 10.1. The van der Waals surface area contributed by atoms with Crippen LogP contribution in [0.3, 0.4) is 0 Å². The Bertz CT molecular complexity index is 222. The Labute approximate surface area is 51.3 Å². The molecule has 1 N–H and O–H groups in total. The molecule has 0 bridgehead atoms. The molecule has 0 aromatic rings. The molecule has 1 aliphatic carbocycles. The van der Waals surface area contributed by atoms with Crippen LogP contribution in [0.1, 0.15) is 0 Å². The second-order valence-electron chi connectivity index (χ2n) is 1.60. The van der Waals surface area contributed by atoms with Gasteiger partial charge < -0.3 is 5.11 Å². The number of aliphatic hydroxyl groups is 1. The Morgan fingerprint density at radius 2 is 2.00 bits per heavy atom. The third-order valence-corrected chi connectivity index (χ3v) is 0.958. The fourth-order valence-electron chi connectivity index (χ4n) is 0.504. The van der Waals surface area contributed by atoms with Crippen molar-refractivity contribution in [1.29, 1.82) is 0 Å². The SMILES string of the molecule is O=C1C=CC=C(O)C1=O. The molecule has 0 aromatic heterocycles. The molecule has 0 fully saturated rings. The summed E-state index contributed by atoms with van der Waals surface area (Å²) in [4.78, 5) is 20.8. The molecular weight excluding hydrogens is 120 g/mol. The fraction of sp³-hybridized carbons (Fsp3) is 0. The van der Waals surface area contributed by atoms with Gasteiger partial charge in [0.2, 0.25) is 5.78 Å². The van der Waals surface area contributed by atoms with Gasteiger partial charge in [0.05, 0.1) is 0 Å². The van der Waals surface area contributed by atoms with E-state index in [2.05, 4.69) is 0 Å². The van der Waals surface area contributed by atoms with Crippen LogP contribution in [0, 0.1) is 0 Å². The number of ketones is 2. The maximum absolute atomic E-state index is 10.4. The molecule has 0 radical (unpaired) electrons. The van der Waals surface area contributed by atoms with Crippen LogP contribution in [-0.4, -0.2) is 16.7 Å². The van der Waals surface area contributed by atoms with Gasteiger partial charge in [-0.3, -0.25) is 9.59 Å². The molecule has 0 heterocycles. The first-order chi connectivity index (χ1) is 4.22. The Morgan fingerprint density at radius 3 is 2.44 bits per heavy atom. The summed E-state index contributed by atoms with van der Waals surface area (Å²) in [6, 6.07) is 0. The van der Waals surface area contributed by atoms with E-state index in [0.29, 0.717) is 0 Å². The lowest BCUT2D eigenvalue weighted by molar-refractivity contribution is -0.133. The standard InChI is InChI=1S/C6H4O3/c7-4-2-1-3-5(8)6(4)9/h1-3,7H. The zero-order valence-corrected chi connectivity index (χ0v) is 4.50. The van der Waals surface area contributed by atoms with Crippen molar-refractivity contribution in [3.8, 4) is 0 Å². The highest BCUT2D eigenvalue weighted by Gasteiger charge is 2.16. The fourth-order valence-corrected chi connectivity index (χ4v) is 0.504. The quantitative estimate of drug-likeness (QED) is 0.369. The molecule has 0 unspecified atom stereocenters. The van der Waals surface area contributed by atoms with Crippen molar-refractivity contribution in [2.45, 2.75) is 0 Å². The summed E-state index contributed by atoms with van der Waals surface area (Å²) in [5.74, 6) is -1.99. The maximum atomic E-state index is 10.4. The molecule has 3 nitrogen and oxygen atoms in total. The van der Waals surface area contributed by atoms with Crippen LogP contribution in [0.25, 0.3) is 0 Å². The third-order valence-electron chi connectivity index (χ3n) is 0.958. The molecule has 3 heteroatoms. The highest BCUT2D eigenvalue weighted by atomic mass is 16.3. The number of carbonyl (C=O) groups excluding carboxylic acids is 2. The first-order valence-corrected chi connectivity index (χ1v) is 2.38. The molecule has 0 atom stereocenters. The van der Waals surface area contributed by atoms with Crippen LogP contribution in [0.5, 0.6) is 0 Å². The van der Waals surface area contributed by atoms with Gasteiger partial charge in [-0.2, -0.15) is 0 Å². The number of Topliss-reactive ketones (excluding diaryl/α,β-unsaturated/α-hetero) is 1. The van der Waals surface area contributed by atoms with E-state index < -0.39 is 17.3 Å². The van der Waals surface area contributed by atoms with E-state index in [4.69, 9.17) is 5.11 Å². The molecule has 1 rings (SSSR count). The lowest BCUT2D eigenvalue weighted by Crippen LogP contribution is -2.15. The molecule has 46 valence electrons. The molecule has 0 saturated heterocycles. The van der Waals surface area contributed by atoms with Crippen molar-refractivity contribution in [3.05, 3.63) is 24.0 Å². The van der Waals surface area contributed by atoms with Gasteiger partial charge in [0, 0.05) is 0 Å². The molecule has 0 saturated carbocycles. The number of rotatable bonds is 0. The minimum absolute atomic E-state index is 0.484. The van der Waals surface area contributed by atoms with Crippen molar-refractivity contribution >= 4 is 11.6 Å². The lowest BCUT2D eigenvalue weighted by Gasteiger charge is -1.96. The van der Waals surface area contributed by atoms with Gasteiger partial charge >= 0.3 is 0 Å². The highest BCUT2D eigenvalue weighted by molar-refractivity contribution is 6.47. The molecule has 9 heavy (non-hydrogen) atoms. The van der Waals surface area contributed by atoms with Crippen LogP contribution < -0.4 is 0 Å². The second kappa shape index (κ2) is 1.85. The number of hydrogen-bond donors (Lipinski definition) is 1. The van der Waals surface area contributed by atoms with Crippen molar-refractivity contribution in [3.63, 3.8) is 0 Å². The van der Waals surface area contributed by atoms with Gasteiger partial charge in [0.1, 0.15) is 0 Å². The van der Waals surface area contributed by atoms with E-state index in [1.165, 1.54) is 12.2 Å². The van der Waals surface area contributed by atoms with Crippen molar-refractivity contribution in [2.75, 3.05) is 0 Å². The summed E-state index contributed by atoms with van der Waals surface area (Å²) in [5.41, 5.74) is 0. The smallest absolute Gasteiger partial charge is 0.267 e. The van der Waals surface area contributed by atoms with Gasteiger partial charge in [-0.1, -0.05) is 6.08 Å². The normalized spacial score (nSPS) is 18.0. The number of allylic oxidation sites excluding steroid dienone is 4. The highest BCUT2D eigenvalue weighted by Crippen LogP contribution is 1.99. The first-order valence-electron chi connectivity index (χ1n) is 2.38. The Morgan fingerprint density at radius 1 is 1.33 bits per heavy atom. The van der Waals surface area contributed by atoms with Crippen LogP contribution in [-0.2, 0) is 9.59 Å². The molecule has 1 aliphatic rings. The summed E-state index contributed by atoms with van der Waals surface area (Å²) >= 11 is 0. The predicted octanol–water partition coefficient (Wildman–Crippen LogP) is 0.136. The Hall–Kier alpha value is -1.38. The van der Waals surface area contributed by atoms with Crippen LogP contribution in [0.15, 0.2) is 24.0 Å². The number of aliphatic hydroxyl groups excluding tert-OH is 1. The molecule has 0 aromatic carbocycles. The minimum Gasteiger partial charge on any atom is -0.504 e. The van der Waals surface area contributed by atoms with Crippen molar-refractivity contribution in [2.24, 2.45) is 0 Å². The second-order valence-corrected chi connectivity index (χ2v) is 1.60. The van der Waals surface area contributed by atoms with Gasteiger partial charge in [-0.05, 0) is 12.2 Å². The molecule has 0 amide bonds. The summed E-state index contributed by atoms with van der Waals surface area (Å²) in [6.45, 7) is 0. The monoisotopic (exact) mass is 124 g/mol. The average Bonchev–Trinajstić information content (AvgIpc) is 1.83. The third kappa shape index (κ3) is 0.887. The van der Waals surface area contributed by atoms with Gasteiger partial charge in [-0.25, -0.2) is 0 Å².